The van der Waals surface area contributed by atoms with Crippen LogP contribution in [0.1, 0.15) is 29.8 Å². The second-order valence-corrected chi connectivity index (χ2v) is 4.65. The summed E-state index contributed by atoms with van der Waals surface area (Å²) in [5.41, 5.74) is 3.35. The Labute approximate surface area is 114 Å². The number of hydrogen-bond donors (Lipinski definition) is 1. The van der Waals surface area contributed by atoms with Gasteiger partial charge < -0.3 is 10.1 Å². The van der Waals surface area contributed by atoms with Gasteiger partial charge in [0.25, 0.3) is 0 Å². The third-order valence-electron chi connectivity index (χ3n) is 3.13. The Morgan fingerprint density at radius 1 is 1.37 bits per heavy atom. The van der Waals surface area contributed by atoms with Crippen LogP contribution in [0.25, 0.3) is 0 Å². The number of nitrogens with zero attached hydrogens (tertiary/aromatic N) is 2. The number of ether oxygens (including phenoxy) is 1. The molecule has 0 saturated heterocycles. The van der Waals surface area contributed by atoms with Crippen molar-refractivity contribution in [2.75, 3.05) is 13.7 Å². The molecule has 0 amide bonds. The number of aryl methyl sites for hydroxylation is 2. The first kappa shape index (κ1) is 13.6. The van der Waals surface area contributed by atoms with Crippen molar-refractivity contribution in [1.29, 1.82) is 0 Å². The van der Waals surface area contributed by atoms with Gasteiger partial charge in [-0.1, -0.05) is 24.6 Å². The highest BCUT2D eigenvalue weighted by molar-refractivity contribution is 5.42. The van der Waals surface area contributed by atoms with Crippen molar-refractivity contribution in [3.8, 4) is 5.75 Å². The Bertz CT molecular complexity index is 548. The van der Waals surface area contributed by atoms with Crippen LogP contribution in [0.2, 0.25) is 0 Å². The first-order chi connectivity index (χ1) is 9.15. The van der Waals surface area contributed by atoms with Gasteiger partial charge in [-0.3, -0.25) is 4.68 Å². The van der Waals surface area contributed by atoms with E-state index in [1.165, 1.54) is 5.56 Å². The number of hydrogen-bond acceptors (Lipinski definition) is 3. The number of nitrogens with one attached hydrogen (secondary N) is 1. The van der Waals surface area contributed by atoms with Crippen molar-refractivity contribution >= 4 is 0 Å². The zero-order valence-electron chi connectivity index (χ0n) is 12.0. The maximum atomic E-state index is 5.48. The highest BCUT2D eigenvalue weighted by atomic mass is 16.5. The number of aromatic nitrogens is 2. The van der Waals surface area contributed by atoms with E-state index in [0.717, 1.165) is 23.6 Å². The van der Waals surface area contributed by atoms with Crippen molar-refractivity contribution in [1.82, 2.24) is 15.1 Å². The summed E-state index contributed by atoms with van der Waals surface area (Å²) in [5, 5.41) is 7.98. The molecule has 0 bridgehead atoms. The van der Waals surface area contributed by atoms with E-state index >= 15 is 0 Å². The van der Waals surface area contributed by atoms with Crippen LogP contribution in [0.15, 0.2) is 30.5 Å². The maximum absolute atomic E-state index is 5.48. The van der Waals surface area contributed by atoms with Crippen molar-refractivity contribution in [3.63, 3.8) is 0 Å². The normalized spacial score (nSPS) is 12.4. The molecule has 1 aromatic carbocycles. The van der Waals surface area contributed by atoms with Crippen LogP contribution in [-0.2, 0) is 7.05 Å². The largest absolute Gasteiger partial charge is 0.496 e. The Morgan fingerprint density at radius 3 is 2.74 bits per heavy atom. The first-order valence-corrected chi connectivity index (χ1v) is 6.53. The second kappa shape index (κ2) is 5.89. The molecule has 1 aromatic heterocycles. The van der Waals surface area contributed by atoms with E-state index in [-0.39, 0.29) is 6.04 Å². The molecule has 1 heterocycles. The van der Waals surface area contributed by atoms with Gasteiger partial charge in [0, 0.05) is 18.8 Å². The minimum absolute atomic E-state index is 0.0565. The van der Waals surface area contributed by atoms with Gasteiger partial charge in [0.1, 0.15) is 5.75 Å². The van der Waals surface area contributed by atoms with Crippen LogP contribution in [0, 0.1) is 6.92 Å². The highest BCUT2D eigenvalue weighted by Gasteiger charge is 2.19. The maximum Gasteiger partial charge on any atom is 0.124 e. The summed E-state index contributed by atoms with van der Waals surface area (Å²) in [6.07, 6.45) is 1.96. The van der Waals surface area contributed by atoms with E-state index in [4.69, 9.17) is 4.74 Å². The van der Waals surface area contributed by atoms with E-state index < -0.39 is 0 Å². The van der Waals surface area contributed by atoms with E-state index in [0.29, 0.717) is 0 Å². The van der Waals surface area contributed by atoms with Crippen LogP contribution in [0.5, 0.6) is 5.75 Å². The molecular formula is C15H21N3O. The average Bonchev–Trinajstić information content (AvgIpc) is 2.82. The van der Waals surface area contributed by atoms with Gasteiger partial charge in [-0.2, -0.15) is 5.10 Å². The van der Waals surface area contributed by atoms with E-state index in [1.54, 1.807) is 7.11 Å². The quantitative estimate of drug-likeness (QED) is 0.896. The van der Waals surface area contributed by atoms with Crippen molar-refractivity contribution in [3.05, 3.63) is 47.3 Å². The van der Waals surface area contributed by atoms with Crippen LogP contribution in [0.4, 0.5) is 0 Å². The summed E-state index contributed by atoms with van der Waals surface area (Å²) in [5.74, 6) is 0.891. The zero-order chi connectivity index (χ0) is 13.8. The van der Waals surface area contributed by atoms with Gasteiger partial charge in [-0.25, -0.2) is 0 Å². The lowest BCUT2D eigenvalue weighted by molar-refractivity contribution is 0.403. The molecule has 2 aromatic rings. The molecule has 1 N–H and O–H groups in total. The van der Waals surface area contributed by atoms with E-state index in [9.17, 15) is 0 Å². The first-order valence-electron chi connectivity index (χ1n) is 6.53. The molecule has 0 fully saturated rings. The monoisotopic (exact) mass is 259 g/mol. The minimum Gasteiger partial charge on any atom is -0.496 e. The Hall–Kier alpha value is -1.81. The number of benzene rings is 1. The van der Waals surface area contributed by atoms with Crippen molar-refractivity contribution < 1.29 is 4.74 Å². The van der Waals surface area contributed by atoms with Gasteiger partial charge in [0.2, 0.25) is 0 Å². The van der Waals surface area contributed by atoms with Gasteiger partial charge in [-0.05, 0) is 25.6 Å². The molecule has 0 saturated carbocycles. The molecule has 4 nitrogen and oxygen atoms in total. The Kier molecular flexibility index (Phi) is 4.22. The summed E-state index contributed by atoms with van der Waals surface area (Å²) in [6, 6.07) is 8.32. The Morgan fingerprint density at radius 2 is 2.16 bits per heavy atom. The third kappa shape index (κ3) is 2.96. The molecule has 1 atom stereocenters. The molecule has 0 aliphatic carbocycles. The van der Waals surface area contributed by atoms with E-state index in [2.05, 4.69) is 36.4 Å². The summed E-state index contributed by atoms with van der Waals surface area (Å²) in [6.45, 7) is 5.06. The van der Waals surface area contributed by atoms with Crippen LogP contribution in [0.3, 0.4) is 0 Å². The fourth-order valence-corrected chi connectivity index (χ4v) is 2.24. The molecule has 0 radical (unpaired) electrons. The van der Waals surface area contributed by atoms with E-state index in [1.807, 2.05) is 30.1 Å². The topological polar surface area (TPSA) is 39.1 Å². The number of rotatable bonds is 5. The minimum atomic E-state index is 0.0565. The van der Waals surface area contributed by atoms with Crippen molar-refractivity contribution in [2.24, 2.45) is 7.05 Å². The van der Waals surface area contributed by atoms with Crippen LogP contribution in [-0.4, -0.2) is 23.4 Å². The molecule has 19 heavy (non-hydrogen) atoms. The summed E-state index contributed by atoms with van der Waals surface area (Å²) < 4.78 is 7.30. The van der Waals surface area contributed by atoms with Gasteiger partial charge in [-0.15, -0.1) is 0 Å². The predicted octanol–water partition coefficient (Wildman–Crippen LogP) is 2.44. The number of methoxy groups -OCH3 is 1. The molecule has 102 valence electrons. The highest BCUT2D eigenvalue weighted by Crippen LogP contribution is 2.30. The molecule has 0 spiro atoms. The summed E-state index contributed by atoms with van der Waals surface area (Å²) >= 11 is 0. The molecule has 0 aliphatic rings. The zero-order valence-corrected chi connectivity index (χ0v) is 12.0. The molecule has 1 unspecified atom stereocenters. The smallest absolute Gasteiger partial charge is 0.124 e. The fourth-order valence-electron chi connectivity index (χ4n) is 2.24. The van der Waals surface area contributed by atoms with Gasteiger partial charge in [0.05, 0.1) is 18.8 Å². The third-order valence-corrected chi connectivity index (χ3v) is 3.13. The summed E-state index contributed by atoms with van der Waals surface area (Å²) in [7, 11) is 3.63. The second-order valence-electron chi connectivity index (χ2n) is 4.65. The summed E-state index contributed by atoms with van der Waals surface area (Å²) in [4.78, 5) is 0. The van der Waals surface area contributed by atoms with Crippen LogP contribution >= 0.6 is 0 Å². The molecule has 2 rings (SSSR count). The van der Waals surface area contributed by atoms with Gasteiger partial charge in [0.15, 0.2) is 0 Å². The van der Waals surface area contributed by atoms with Crippen molar-refractivity contribution in [2.45, 2.75) is 19.9 Å². The average molecular weight is 259 g/mol. The molecule has 0 aliphatic heterocycles. The SMILES string of the molecule is CCNC(c1ccn(C)n1)c1cc(C)ccc1OC. The van der Waals surface area contributed by atoms with Crippen LogP contribution < -0.4 is 10.1 Å². The fraction of sp³-hybridized carbons (Fsp3) is 0.400. The lowest BCUT2D eigenvalue weighted by Gasteiger charge is -2.19. The lowest BCUT2D eigenvalue weighted by Crippen LogP contribution is -2.23. The Balaban J connectivity index is 2.46. The standard InChI is InChI=1S/C15H21N3O/c1-5-16-15(13-8-9-18(3)17-13)12-10-11(2)6-7-14(12)19-4/h6-10,15-16H,5H2,1-4H3. The molecule has 4 heteroatoms. The molecular weight excluding hydrogens is 238 g/mol. The van der Waals surface area contributed by atoms with Gasteiger partial charge >= 0.3 is 0 Å². The predicted molar refractivity (Wildman–Crippen MR) is 76.5 cm³/mol. The lowest BCUT2D eigenvalue weighted by atomic mass is 10.0.